The minimum atomic E-state index is -0.268. The average molecular weight is 366 g/mol. The maximum absolute atomic E-state index is 12.6. The van der Waals surface area contributed by atoms with Gasteiger partial charge in [-0.15, -0.1) is 0 Å². The fourth-order valence-electron chi connectivity index (χ4n) is 3.98. The molecule has 1 aromatic carbocycles. The lowest BCUT2D eigenvalue weighted by Crippen LogP contribution is -2.37. The van der Waals surface area contributed by atoms with E-state index in [9.17, 15) is 14.4 Å². The molecule has 0 radical (unpaired) electrons. The van der Waals surface area contributed by atoms with Crippen molar-refractivity contribution in [2.24, 2.45) is 7.05 Å². The number of carbonyl (C=O) groups is 3. The van der Waals surface area contributed by atoms with E-state index in [2.05, 4.69) is 5.10 Å². The molecular formula is C20H22N4O3. The number of imide groups is 1. The van der Waals surface area contributed by atoms with Gasteiger partial charge in [0, 0.05) is 26.6 Å². The van der Waals surface area contributed by atoms with Crippen LogP contribution in [-0.4, -0.2) is 50.4 Å². The Labute approximate surface area is 157 Å². The van der Waals surface area contributed by atoms with Crippen LogP contribution in [0.15, 0.2) is 24.3 Å². The summed E-state index contributed by atoms with van der Waals surface area (Å²) in [7, 11) is 1.90. The second-order valence-corrected chi connectivity index (χ2v) is 7.11. The third-order valence-corrected chi connectivity index (χ3v) is 5.45. The monoisotopic (exact) mass is 366 g/mol. The molecule has 0 unspecified atom stereocenters. The smallest absolute Gasteiger partial charge is 0.261 e. The number of nitrogens with zero attached hydrogens (tertiary/aromatic N) is 4. The predicted molar refractivity (Wildman–Crippen MR) is 98.1 cm³/mol. The Hall–Kier alpha value is -2.96. The van der Waals surface area contributed by atoms with Crippen molar-refractivity contribution < 1.29 is 14.4 Å². The highest BCUT2D eigenvalue weighted by Crippen LogP contribution is 2.24. The molecule has 27 heavy (non-hydrogen) atoms. The van der Waals surface area contributed by atoms with Crippen LogP contribution in [0, 0.1) is 6.92 Å². The van der Waals surface area contributed by atoms with Crippen molar-refractivity contribution >= 4 is 17.7 Å². The van der Waals surface area contributed by atoms with Crippen LogP contribution in [0.25, 0.3) is 0 Å². The molecule has 0 atom stereocenters. The molecule has 2 aliphatic heterocycles. The van der Waals surface area contributed by atoms with Gasteiger partial charge in [0.2, 0.25) is 5.91 Å². The predicted octanol–water partition coefficient (Wildman–Crippen LogP) is 1.69. The van der Waals surface area contributed by atoms with Crippen LogP contribution in [0.4, 0.5) is 0 Å². The molecular weight excluding hydrogens is 344 g/mol. The Morgan fingerprint density at radius 1 is 1.15 bits per heavy atom. The highest BCUT2D eigenvalue weighted by atomic mass is 16.2. The van der Waals surface area contributed by atoms with Crippen LogP contribution in [-0.2, 0) is 24.8 Å². The Morgan fingerprint density at radius 3 is 2.48 bits per heavy atom. The number of aromatic nitrogens is 2. The molecule has 1 aromatic heterocycles. The van der Waals surface area contributed by atoms with Crippen molar-refractivity contribution in [1.29, 1.82) is 0 Å². The quantitative estimate of drug-likeness (QED) is 0.772. The largest absolute Gasteiger partial charge is 0.336 e. The van der Waals surface area contributed by atoms with Crippen LogP contribution in [0.5, 0.6) is 0 Å². The Kier molecular flexibility index (Phi) is 4.30. The summed E-state index contributed by atoms with van der Waals surface area (Å²) in [6.45, 7) is 3.52. The van der Waals surface area contributed by atoms with Gasteiger partial charge < -0.3 is 4.90 Å². The summed E-state index contributed by atoms with van der Waals surface area (Å²) in [6, 6.07) is 6.84. The van der Waals surface area contributed by atoms with Crippen LogP contribution < -0.4 is 0 Å². The number of carbonyl (C=O) groups excluding carboxylic acids is 3. The van der Waals surface area contributed by atoms with Crippen LogP contribution in [0.3, 0.4) is 0 Å². The molecule has 0 N–H and O–H groups in total. The minimum absolute atomic E-state index is 0.0520. The van der Waals surface area contributed by atoms with Gasteiger partial charge in [0.1, 0.15) is 0 Å². The van der Waals surface area contributed by atoms with Gasteiger partial charge in [0.15, 0.2) is 0 Å². The SMILES string of the molecule is Cc1nn(C)c2c1CCN(C(=O)CCCN1C(=O)c3ccccc3C1=O)C2. The number of amides is 3. The number of hydrogen-bond donors (Lipinski definition) is 0. The molecule has 4 rings (SSSR count). The lowest BCUT2D eigenvalue weighted by Gasteiger charge is -2.28. The van der Waals surface area contributed by atoms with Crippen LogP contribution in [0.1, 0.15) is 50.5 Å². The summed E-state index contributed by atoms with van der Waals surface area (Å²) in [5.74, 6) is -0.483. The zero-order chi connectivity index (χ0) is 19.1. The van der Waals surface area contributed by atoms with E-state index in [0.29, 0.717) is 37.1 Å². The molecule has 0 saturated carbocycles. The van der Waals surface area contributed by atoms with E-state index >= 15 is 0 Å². The first-order valence-electron chi connectivity index (χ1n) is 9.21. The van der Waals surface area contributed by atoms with Crippen molar-refractivity contribution in [3.63, 3.8) is 0 Å². The van der Waals surface area contributed by atoms with Gasteiger partial charge in [-0.1, -0.05) is 12.1 Å². The number of hydrogen-bond acceptors (Lipinski definition) is 4. The fraction of sp³-hybridized carbons (Fsp3) is 0.400. The number of aryl methyl sites for hydroxylation is 2. The second-order valence-electron chi connectivity index (χ2n) is 7.11. The van der Waals surface area contributed by atoms with Crippen LogP contribution in [0.2, 0.25) is 0 Å². The Bertz CT molecular complexity index is 912. The molecule has 0 saturated heterocycles. The molecule has 7 heteroatoms. The summed E-state index contributed by atoms with van der Waals surface area (Å²) in [5, 5.41) is 4.43. The molecule has 0 aliphatic carbocycles. The van der Waals surface area contributed by atoms with E-state index in [1.807, 2.05) is 23.6 Å². The highest BCUT2D eigenvalue weighted by molar-refractivity contribution is 6.21. The van der Waals surface area contributed by atoms with Gasteiger partial charge >= 0.3 is 0 Å². The molecule has 140 valence electrons. The van der Waals surface area contributed by atoms with Crippen molar-refractivity contribution in [1.82, 2.24) is 19.6 Å². The van der Waals surface area contributed by atoms with Crippen molar-refractivity contribution in [2.75, 3.05) is 13.1 Å². The molecule has 2 aromatic rings. The van der Waals surface area contributed by atoms with Crippen molar-refractivity contribution in [3.8, 4) is 0 Å². The lowest BCUT2D eigenvalue weighted by molar-refractivity contribution is -0.132. The number of benzene rings is 1. The third kappa shape index (κ3) is 2.93. The van der Waals surface area contributed by atoms with Gasteiger partial charge in [-0.05, 0) is 37.5 Å². The molecule has 0 fully saturated rings. The maximum atomic E-state index is 12.6. The topological polar surface area (TPSA) is 75.5 Å². The van der Waals surface area contributed by atoms with Gasteiger partial charge in [0.05, 0.1) is 29.1 Å². The van der Waals surface area contributed by atoms with Gasteiger partial charge in [-0.25, -0.2) is 0 Å². The Balaban J connectivity index is 1.34. The van der Waals surface area contributed by atoms with E-state index in [4.69, 9.17) is 0 Å². The van der Waals surface area contributed by atoms with Gasteiger partial charge in [0.25, 0.3) is 11.8 Å². The highest BCUT2D eigenvalue weighted by Gasteiger charge is 2.34. The average Bonchev–Trinajstić information content (AvgIpc) is 3.09. The van der Waals surface area contributed by atoms with E-state index in [1.54, 1.807) is 24.3 Å². The first kappa shape index (κ1) is 17.5. The molecule has 3 amide bonds. The van der Waals surface area contributed by atoms with E-state index < -0.39 is 0 Å². The van der Waals surface area contributed by atoms with Gasteiger partial charge in [-0.2, -0.15) is 5.10 Å². The zero-order valence-corrected chi connectivity index (χ0v) is 15.6. The standard InChI is InChI=1S/C20H22N4O3/c1-13-14-9-11-23(12-17(14)22(2)21-13)18(25)8-5-10-24-19(26)15-6-3-4-7-16(15)20(24)27/h3-4,6-7H,5,8-12H2,1-2H3. The first-order chi connectivity index (χ1) is 13.0. The molecule has 3 heterocycles. The minimum Gasteiger partial charge on any atom is -0.336 e. The summed E-state index contributed by atoms with van der Waals surface area (Å²) in [5.41, 5.74) is 4.26. The maximum Gasteiger partial charge on any atom is 0.261 e. The molecule has 7 nitrogen and oxygen atoms in total. The normalized spacial score (nSPS) is 15.9. The van der Waals surface area contributed by atoms with E-state index in [0.717, 1.165) is 17.8 Å². The number of fused-ring (bicyclic) bond motifs is 2. The molecule has 0 spiro atoms. The summed E-state index contributed by atoms with van der Waals surface area (Å²) in [4.78, 5) is 40.4. The summed E-state index contributed by atoms with van der Waals surface area (Å²) >= 11 is 0. The summed E-state index contributed by atoms with van der Waals surface area (Å²) in [6.07, 6.45) is 1.61. The molecule has 2 aliphatic rings. The fourth-order valence-corrected chi connectivity index (χ4v) is 3.98. The van der Waals surface area contributed by atoms with Crippen molar-refractivity contribution in [3.05, 3.63) is 52.3 Å². The van der Waals surface area contributed by atoms with E-state index in [1.165, 1.54) is 10.5 Å². The van der Waals surface area contributed by atoms with Gasteiger partial charge in [-0.3, -0.25) is 24.0 Å². The number of rotatable bonds is 4. The van der Waals surface area contributed by atoms with E-state index in [-0.39, 0.29) is 24.3 Å². The molecule has 0 bridgehead atoms. The summed E-state index contributed by atoms with van der Waals surface area (Å²) < 4.78 is 1.85. The second kappa shape index (κ2) is 6.64. The van der Waals surface area contributed by atoms with Crippen LogP contribution >= 0.6 is 0 Å². The first-order valence-corrected chi connectivity index (χ1v) is 9.21. The Morgan fingerprint density at radius 2 is 1.81 bits per heavy atom. The third-order valence-electron chi connectivity index (χ3n) is 5.45. The zero-order valence-electron chi connectivity index (χ0n) is 15.6. The lowest BCUT2D eigenvalue weighted by atomic mass is 10.0. The van der Waals surface area contributed by atoms with Crippen molar-refractivity contribution in [2.45, 2.75) is 32.7 Å².